The highest BCUT2D eigenvalue weighted by atomic mass is 32.2. The molecule has 2 nitrogen and oxygen atoms in total. The Balaban J connectivity index is 3.64. The molecular formula is C8H19NOS. The molecule has 0 aromatic heterocycles. The van der Waals surface area contributed by atoms with E-state index in [-0.39, 0.29) is 0 Å². The molecule has 0 heterocycles. The molecule has 0 aromatic carbocycles. The number of hydrogen-bond acceptors (Lipinski definition) is 2. The largest absolute Gasteiger partial charge is 0.330 e. The Morgan fingerprint density at radius 2 is 1.91 bits per heavy atom. The van der Waals surface area contributed by atoms with Gasteiger partial charge in [0.1, 0.15) is 0 Å². The van der Waals surface area contributed by atoms with E-state index < -0.39 is 10.8 Å². The maximum absolute atomic E-state index is 11.4. The molecule has 0 spiro atoms. The highest BCUT2D eigenvalue weighted by Gasteiger charge is 2.13. The van der Waals surface area contributed by atoms with Crippen LogP contribution >= 0.6 is 0 Å². The van der Waals surface area contributed by atoms with Gasteiger partial charge in [0.2, 0.25) is 0 Å². The van der Waals surface area contributed by atoms with Crippen molar-refractivity contribution in [2.45, 2.75) is 32.4 Å². The minimum Gasteiger partial charge on any atom is -0.330 e. The van der Waals surface area contributed by atoms with E-state index in [9.17, 15) is 4.21 Å². The van der Waals surface area contributed by atoms with Gasteiger partial charge in [0.05, 0.1) is 0 Å². The molecule has 0 saturated heterocycles. The van der Waals surface area contributed by atoms with Crippen molar-refractivity contribution in [2.75, 3.05) is 12.3 Å². The topological polar surface area (TPSA) is 43.1 Å². The van der Waals surface area contributed by atoms with Crippen LogP contribution in [0.2, 0.25) is 0 Å². The predicted molar refractivity (Wildman–Crippen MR) is 51.0 cm³/mol. The summed E-state index contributed by atoms with van der Waals surface area (Å²) in [4.78, 5) is 0. The molecular weight excluding hydrogens is 158 g/mol. The lowest BCUT2D eigenvalue weighted by atomic mass is 10.2. The van der Waals surface area contributed by atoms with Crippen LogP contribution in [0, 0.1) is 5.92 Å². The molecule has 0 rings (SSSR count). The standard InChI is InChI=1S/C8H19NOS/c1-7(2)8(3)11(10)6-4-5-9/h7-8H,4-6,9H2,1-3H3. The zero-order valence-corrected chi connectivity index (χ0v) is 8.49. The number of hydrogen-bond donors (Lipinski definition) is 1. The van der Waals surface area contributed by atoms with Gasteiger partial charge in [0, 0.05) is 21.8 Å². The van der Waals surface area contributed by atoms with E-state index in [0.29, 0.717) is 17.7 Å². The van der Waals surface area contributed by atoms with E-state index in [1.807, 2.05) is 6.92 Å². The zero-order chi connectivity index (χ0) is 8.85. The highest BCUT2D eigenvalue weighted by molar-refractivity contribution is 7.85. The molecule has 0 saturated carbocycles. The molecule has 0 bridgehead atoms. The fourth-order valence-electron chi connectivity index (χ4n) is 0.715. The summed E-state index contributed by atoms with van der Waals surface area (Å²) in [5.41, 5.74) is 5.32. The van der Waals surface area contributed by atoms with Gasteiger partial charge in [0.25, 0.3) is 0 Å². The summed E-state index contributed by atoms with van der Waals surface area (Å²) in [5, 5.41) is 0.307. The fourth-order valence-corrected chi connectivity index (χ4v) is 2.15. The van der Waals surface area contributed by atoms with Gasteiger partial charge in [-0.15, -0.1) is 0 Å². The maximum atomic E-state index is 11.4. The second kappa shape index (κ2) is 5.72. The molecule has 68 valence electrons. The highest BCUT2D eigenvalue weighted by Crippen LogP contribution is 2.08. The van der Waals surface area contributed by atoms with Crippen molar-refractivity contribution in [1.29, 1.82) is 0 Å². The van der Waals surface area contributed by atoms with Crippen LogP contribution in [-0.2, 0) is 10.8 Å². The summed E-state index contributed by atoms with van der Waals surface area (Å²) in [7, 11) is -0.675. The molecule has 3 heteroatoms. The molecule has 0 amide bonds. The van der Waals surface area contributed by atoms with Crippen LogP contribution in [0.1, 0.15) is 27.2 Å². The lowest BCUT2D eigenvalue weighted by Crippen LogP contribution is -2.21. The number of rotatable bonds is 5. The van der Waals surface area contributed by atoms with E-state index in [2.05, 4.69) is 13.8 Å². The van der Waals surface area contributed by atoms with Crippen molar-refractivity contribution in [2.24, 2.45) is 11.7 Å². The minimum atomic E-state index is -0.675. The van der Waals surface area contributed by atoms with Crippen molar-refractivity contribution in [1.82, 2.24) is 0 Å². The quantitative estimate of drug-likeness (QED) is 0.684. The van der Waals surface area contributed by atoms with Gasteiger partial charge in [-0.1, -0.05) is 20.8 Å². The molecule has 0 aliphatic heterocycles. The zero-order valence-electron chi connectivity index (χ0n) is 7.67. The van der Waals surface area contributed by atoms with Crippen molar-refractivity contribution in [3.8, 4) is 0 Å². The van der Waals surface area contributed by atoms with E-state index >= 15 is 0 Å². The normalized spacial score (nSPS) is 16.8. The second-order valence-corrected chi connectivity index (χ2v) is 5.09. The SMILES string of the molecule is CC(C)C(C)S(=O)CCCN. The van der Waals surface area contributed by atoms with Crippen LogP contribution in [0.3, 0.4) is 0 Å². The van der Waals surface area contributed by atoms with Gasteiger partial charge >= 0.3 is 0 Å². The van der Waals surface area contributed by atoms with E-state index in [1.54, 1.807) is 0 Å². The van der Waals surface area contributed by atoms with Gasteiger partial charge in [-0.05, 0) is 18.9 Å². The number of nitrogens with two attached hydrogens (primary N) is 1. The summed E-state index contributed by atoms with van der Waals surface area (Å²) in [6, 6.07) is 0. The molecule has 2 atom stereocenters. The van der Waals surface area contributed by atoms with E-state index in [0.717, 1.165) is 12.2 Å². The van der Waals surface area contributed by atoms with Crippen LogP contribution in [-0.4, -0.2) is 21.8 Å². The van der Waals surface area contributed by atoms with Crippen LogP contribution in [0.25, 0.3) is 0 Å². The first-order valence-electron chi connectivity index (χ1n) is 4.16. The molecule has 0 aliphatic carbocycles. The lowest BCUT2D eigenvalue weighted by molar-refractivity contribution is 0.604. The van der Waals surface area contributed by atoms with Crippen LogP contribution in [0.4, 0.5) is 0 Å². The third-order valence-electron chi connectivity index (χ3n) is 1.90. The Labute approximate surface area is 72.0 Å². The average Bonchev–Trinajstić information content (AvgIpc) is 1.98. The molecule has 0 aliphatic rings. The molecule has 0 fully saturated rings. The lowest BCUT2D eigenvalue weighted by Gasteiger charge is -2.14. The van der Waals surface area contributed by atoms with Crippen LogP contribution < -0.4 is 5.73 Å². The molecule has 2 N–H and O–H groups in total. The first kappa shape index (κ1) is 11.1. The Morgan fingerprint density at radius 1 is 1.36 bits per heavy atom. The van der Waals surface area contributed by atoms with Gasteiger partial charge < -0.3 is 5.73 Å². The van der Waals surface area contributed by atoms with Gasteiger partial charge in [-0.2, -0.15) is 0 Å². The first-order valence-corrected chi connectivity index (χ1v) is 5.55. The Morgan fingerprint density at radius 3 is 2.27 bits per heavy atom. The second-order valence-electron chi connectivity index (χ2n) is 3.18. The van der Waals surface area contributed by atoms with Crippen LogP contribution in [0.15, 0.2) is 0 Å². The average molecular weight is 177 g/mol. The summed E-state index contributed by atoms with van der Waals surface area (Å²) in [6.07, 6.45) is 0.879. The van der Waals surface area contributed by atoms with E-state index in [4.69, 9.17) is 5.73 Å². The smallest absolute Gasteiger partial charge is 0.0342 e. The summed E-state index contributed by atoms with van der Waals surface area (Å²) in [5.74, 6) is 1.27. The summed E-state index contributed by atoms with van der Waals surface area (Å²) < 4.78 is 11.4. The van der Waals surface area contributed by atoms with Crippen LogP contribution in [0.5, 0.6) is 0 Å². The fraction of sp³-hybridized carbons (Fsp3) is 1.00. The molecule has 2 unspecified atom stereocenters. The first-order chi connectivity index (χ1) is 5.09. The van der Waals surface area contributed by atoms with Crippen molar-refractivity contribution in [3.63, 3.8) is 0 Å². The van der Waals surface area contributed by atoms with Gasteiger partial charge in [-0.3, -0.25) is 4.21 Å². The van der Waals surface area contributed by atoms with Gasteiger partial charge in [0.15, 0.2) is 0 Å². The van der Waals surface area contributed by atoms with Crippen molar-refractivity contribution < 1.29 is 4.21 Å². The molecule has 11 heavy (non-hydrogen) atoms. The van der Waals surface area contributed by atoms with Gasteiger partial charge in [-0.25, -0.2) is 0 Å². The summed E-state index contributed by atoms with van der Waals surface area (Å²) >= 11 is 0. The minimum absolute atomic E-state index is 0.307. The van der Waals surface area contributed by atoms with Crippen molar-refractivity contribution in [3.05, 3.63) is 0 Å². The third kappa shape index (κ3) is 4.53. The monoisotopic (exact) mass is 177 g/mol. The molecule has 0 aromatic rings. The Kier molecular flexibility index (Phi) is 5.78. The van der Waals surface area contributed by atoms with Crippen molar-refractivity contribution >= 4 is 10.8 Å². The predicted octanol–water partition coefficient (Wildman–Crippen LogP) is 1.13. The maximum Gasteiger partial charge on any atom is 0.0342 e. The summed E-state index contributed by atoms with van der Waals surface area (Å²) in [6.45, 7) is 6.89. The Hall–Kier alpha value is 0.110. The van der Waals surface area contributed by atoms with E-state index in [1.165, 1.54) is 0 Å². The molecule has 0 radical (unpaired) electrons. The Bertz CT molecular complexity index is 125. The third-order valence-corrected chi connectivity index (χ3v) is 3.97.